The Bertz CT molecular complexity index is 723. The Morgan fingerprint density at radius 1 is 1.35 bits per heavy atom. The van der Waals surface area contributed by atoms with E-state index in [2.05, 4.69) is 25.8 Å². The lowest BCUT2D eigenvalue weighted by atomic mass is 10.3. The van der Waals surface area contributed by atoms with Crippen molar-refractivity contribution in [3.05, 3.63) is 45.8 Å². The lowest BCUT2D eigenvalue weighted by Crippen LogP contribution is -2.25. The first-order valence-corrected chi connectivity index (χ1v) is 7.63. The molecule has 0 spiro atoms. The predicted octanol–water partition coefficient (Wildman–Crippen LogP) is 2.50. The van der Waals surface area contributed by atoms with Gasteiger partial charge in [0, 0.05) is 16.6 Å². The van der Waals surface area contributed by atoms with E-state index in [0.717, 1.165) is 6.07 Å². The predicted molar refractivity (Wildman–Crippen MR) is 69.3 cm³/mol. The minimum absolute atomic E-state index is 0.164. The number of sulfonamides is 1. The van der Waals surface area contributed by atoms with Gasteiger partial charge in [-0.3, -0.25) is 0 Å². The van der Waals surface area contributed by atoms with E-state index in [0.29, 0.717) is 17.5 Å². The van der Waals surface area contributed by atoms with E-state index in [1.165, 1.54) is 0 Å². The fourth-order valence-corrected chi connectivity index (χ4v) is 3.69. The van der Waals surface area contributed by atoms with Crippen molar-refractivity contribution in [2.75, 3.05) is 0 Å². The summed E-state index contributed by atoms with van der Waals surface area (Å²) >= 11 is 2.83. The summed E-state index contributed by atoms with van der Waals surface area (Å²) in [5.41, 5.74) is 0.352. The summed E-state index contributed by atoms with van der Waals surface area (Å²) in [6, 6.07) is 2.91. The van der Waals surface area contributed by atoms with Crippen molar-refractivity contribution in [3.63, 3.8) is 0 Å². The molecule has 1 aromatic carbocycles. The molecule has 1 aromatic heterocycles. The molecular formula is C11H9BrF2N2O3S. The van der Waals surface area contributed by atoms with E-state index in [4.69, 9.17) is 4.52 Å². The molecule has 0 radical (unpaired) electrons. The molecule has 0 aliphatic rings. The third-order valence-corrected chi connectivity index (χ3v) is 4.72. The van der Waals surface area contributed by atoms with Gasteiger partial charge in [0.05, 0.1) is 12.2 Å². The van der Waals surface area contributed by atoms with Gasteiger partial charge in [-0.25, -0.2) is 21.9 Å². The number of rotatable bonds is 4. The average molecular weight is 367 g/mol. The molecule has 0 aliphatic carbocycles. The Hall–Kier alpha value is -1.32. The molecule has 2 aromatic rings. The summed E-state index contributed by atoms with van der Waals surface area (Å²) < 4.78 is 57.3. The number of hydrogen-bond donors (Lipinski definition) is 1. The molecule has 20 heavy (non-hydrogen) atoms. The number of hydrogen-bond acceptors (Lipinski definition) is 4. The van der Waals surface area contributed by atoms with Crippen LogP contribution in [0.15, 0.2) is 32.1 Å². The molecule has 0 saturated carbocycles. The van der Waals surface area contributed by atoms with Crippen molar-refractivity contribution >= 4 is 26.0 Å². The van der Waals surface area contributed by atoms with Crippen LogP contribution in [0.25, 0.3) is 0 Å². The van der Waals surface area contributed by atoms with E-state index >= 15 is 0 Å². The SMILES string of the molecule is Cc1cc(CNS(=O)(=O)c2c(F)cc(F)cc2Br)no1. The molecule has 5 nitrogen and oxygen atoms in total. The number of nitrogens with zero attached hydrogens (tertiary/aromatic N) is 1. The van der Waals surface area contributed by atoms with Crippen molar-refractivity contribution in [1.29, 1.82) is 0 Å². The number of halogens is 3. The first kappa shape index (κ1) is 15.1. The second kappa shape index (κ2) is 5.58. The minimum atomic E-state index is -4.15. The molecule has 1 N–H and O–H groups in total. The van der Waals surface area contributed by atoms with Crippen LogP contribution in [0.3, 0.4) is 0 Å². The molecule has 0 bridgehead atoms. The number of aryl methyl sites for hydroxylation is 1. The van der Waals surface area contributed by atoms with Gasteiger partial charge in [-0.1, -0.05) is 5.16 Å². The quantitative estimate of drug-likeness (QED) is 0.902. The maximum Gasteiger partial charge on any atom is 0.244 e. The van der Waals surface area contributed by atoms with Gasteiger partial charge < -0.3 is 4.52 Å². The molecule has 0 saturated heterocycles. The molecule has 0 aliphatic heterocycles. The van der Waals surface area contributed by atoms with Gasteiger partial charge in [0.15, 0.2) is 0 Å². The summed E-state index contributed by atoms with van der Waals surface area (Å²) in [5, 5.41) is 3.60. The van der Waals surface area contributed by atoms with Gasteiger partial charge in [0.2, 0.25) is 10.0 Å². The van der Waals surface area contributed by atoms with Crippen molar-refractivity contribution in [3.8, 4) is 0 Å². The Kier molecular flexibility index (Phi) is 4.21. The van der Waals surface area contributed by atoms with Crippen LogP contribution in [0.2, 0.25) is 0 Å². The van der Waals surface area contributed by atoms with Gasteiger partial charge in [-0.2, -0.15) is 0 Å². The molecule has 108 valence electrons. The van der Waals surface area contributed by atoms with E-state index in [-0.39, 0.29) is 11.0 Å². The summed E-state index contributed by atoms with van der Waals surface area (Å²) in [6.07, 6.45) is 0. The fraction of sp³-hybridized carbons (Fsp3) is 0.182. The van der Waals surface area contributed by atoms with Crippen LogP contribution in [0.5, 0.6) is 0 Å². The van der Waals surface area contributed by atoms with Crippen LogP contribution >= 0.6 is 15.9 Å². The highest BCUT2D eigenvalue weighted by atomic mass is 79.9. The van der Waals surface area contributed by atoms with Gasteiger partial charge in [-0.05, 0) is 28.9 Å². The van der Waals surface area contributed by atoms with Gasteiger partial charge in [0.25, 0.3) is 0 Å². The number of nitrogens with one attached hydrogen (secondary N) is 1. The average Bonchev–Trinajstić information content (AvgIpc) is 2.71. The summed E-state index contributed by atoms with van der Waals surface area (Å²) in [7, 11) is -4.15. The first-order valence-electron chi connectivity index (χ1n) is 5.36. The fourth-order valence-electron chi connectivity index (χ4n) is 1.53. The summed E-state index contributed by atoms with van der Waals surface area (Å²) in [5.74, 6) is -1.53. The van der Waals surface area contributed by atoms with Gasteiger partial charge in [-0.15, -0.1) is 0 Å². The van der Waals surface area contributed by atoms with Crippen LogP contribution < -0.4 is 4.72 Å². The second-order valence-corrected chi connectivity index (χ2v) is 6.51. The topological polar surface area (TPSA) is 72.2 Å². The highest BCUT2D eigenvalue weighted by Gasteiger charge is 2.23. The zero-order valence-electron chi connectivity index (χ0n) is 10.2. The molecule has 0 amide bonds. The van der Waals surface area contributed by atoms with E-state index in [1.54, 1.807) is 13.0 Å². The van der Waals surface area contributed by atoms with Crippen LogP contribution in [0.1, 0.15) is 11.5 Å². The second-order valence-electron chi connectivity index (χ2n) is 3.95. The maximum absolute atomic E-state index is 13.6. The van der Waals surface area contributed by atoms with Gasteiger partial charge >= 0.3 is 0 Å². The zero-order chi connectivity index (χ0) is 14.9. The third-order valence-electron chi connectivity index (χ3n) is 2.35. The lowest BCUT2D eigenvalue weighted by Gasteiger charge is -2.08. The van der Waals surface area contributed by atoms with E-state index < -0.39 is 26.6 Å². The smallest absolute Gasteiger partial charge is 0.244 e. The highest BCUT2D eigenvalue weighted by molar-refractivity contribution is 9.10. The lowest BCUT2D eigenvalue weighted by molar-refractivity contribution is 0.390. The van der Waals surface area contributed by atoms with Crippen LogP contribution in [0.4, 0.5) is 8.78 Å². The van der Waals surface area contributed by atoms with Crippen LogP contribution in [-0.4, -0.2) is 13.6 Å². The zero-order valence-corrected chi connectivity index (χ0v) is 12.6. The molecule has 1 heterocycles. The molecule has 2 rings (SSSR count). The highest BCUT2D eigenvalue weighted by Crippen LogP contribution is 2.26. The van der Waals surface area contributed by atoms with Crippen LogP contribution in [-0.2, 0) is 16.6 Å². The number of aromatic nitrogens is 1. The van der Waals surface area contributed by atoms with E-state index in [1.807, 2.05) is 0 Å². The van der Waals surface area contributed by atoms with Crippen molar-refractivity contribution in [1.82, 2.24) is 9.88 Å². The molecule has 9 heteroatoms. The maximum atomic E-state index is 13.6. The van der Waals surface area contributed by atoms with Crippen molar-refractivity contribution in [2.24, 2.45) is 0 Å². The third kappa shape index (κ3) is 3.22. The monoisotopic (exact) mass is 366 g/mol. The van der Waals surface area contributed by atoms with E-state index in [9.17, 15) is 17.2 Å². The molecule has 0 unspecified atom stereocenters. The van der Waals surface area contributed by atoms with Crippen LogP contribution in [0, 0.1) is 18.6 Å². The Labute approximate surface area is 122 Å². The van der Waals surface area contributed by atoms with Crippen molar-refractivity contribution < 1.29 is 21.7 Å². The molecule has 0 fully saturated rings. The Morgan fingerprint density at radius 3 is 2.60 bits per heavy atom. The molecule has 0 atom stereocenters. The normalized spacial score (nSPS) is 11.8. The standard InChI is InChI=1S/C11H9BrF2N2O3S/c1-6-2-8(16-19-6)5-15-20(17,18)11-9(12)3-7(13)4-10(11)14/h2-4,15H,5H2,1H3. The molecular weight excluding hydrogens is 358 g/mol. The summed E-state index contributed by atoms with van der Waals surface area (Å²) in [4.78, 5) is -0.654. The Morgan fingerprint density at radius 2 is 2.05 bits per heavy atom. The van der Waals surface area contributed by atoms with Crippen molar-refractivity contribution in [2.45, 2.75) is 18.4 Å². The van der Waals surface area contributed by atoms with Gasteiger partial charge in [0.1, 0.15) is 22.3 Å². The first-order chi connectivity index (χ1) is 9.29. The largest absolute Gasteiger partial charge is 0.361 e. The summed E-state index contributed by atoms with van der Waals surface area (Å²) in [6.45, 7) is 1.49. The minimum Gasteiger partial charge on any atom is -0.361 e. The number of benzene rings is 1. The Balaban J connectivity index is 2.27.